The molecule has 1 heterocycles. The first-order valence-corrected chi connectivity index (χ1v) is 5.58. The van der Waals surface area contributed by atoms with Gasteiger partial charge in [-0.3, -0.25) is 4.98 Å². The molecule has 0 amide bonds. The molecule has 1 aromatic heterocycles. The Morgan fingerprint density at radius 3 is 3.00 bits per heavy atom. The number of aromatic nitrogens is 1. The number of nitrogens with one attached hydrogen (secondary N) is 1. The summed E-state index contributed by atoms with van der Waals surface area (Å²) in [4.78, 5) is 3.96. The van der Waals surface area contributed by atoms with Crippen molar-refractivity contribution in [1.29, 1.82) is 0 Å². The van der Waals surface area contributed by atoms with Crippen LogP contribution in [0.25, 0.3) is 0 Å². The molecule has 0 aliphatic heterocycles. The van der Waals surface area contributed by atoms with E-state index in [0.29, 0.717) is 10.8 Å². The van der Waals surface area contributed by atoms with Crippen molar-refractivity contribution in [3.8, 4) is 5.75 Å². The van der Waals surface area contributed by atoms with Crippen molar-refractivity contribution >= 4 is 11.6 Å². The summed E-state index contributed by atoms with van der Waals surface area (Å²) in [6.45, 7) is 6.00. The molecule has 0 aromatic carbocycles. The SMILES string of the molecule is CCCNCC(C)Oc1cncc(Cl)c1. The summed E-state index contributed by atoms with van der Waals surface area (Å²) in [5.41, 5.74) is 0. The zero-order chi connectivity index (χ0) is 11.1. The van der Waals surface area contributed by atoms with E-state index in [1.807, 2.05) is 6.92 Å². The van der Waals surface area contributed by atoms with Crippen molar-refractivity contribution in [2.45, 2.75) is 26.4 Å². The topological polar surface area (TPSA) is 34.1 Å². The molecule has 3 nitrogen and oxygen atoms in total. The lowest BCUT2D eigenvalue weighted by Gasteiger charge is -2.14. The van der Waals surface area contributed by atoms with Crippen LogP contribution >= 0.6 is 11.6 Å². The van der Waals surface area contributed by atoms with Gasteiger partial charge in [-0.2, -0.15) is 0 Å². The quantitative estimate of drug-likeness (QED) is 0.760. The van der Waals surface area contributed by atoms with Gasteiger partial charge in [-0.25, -0.2) is 0 Å². The van der Waals surface area contributed by atoms with E-state index in [9.17, 15) is 0 Å². The predicted octanol–water partition coefficient (Wildman–Crippen LogP) is 2.50. The molecule has 84 valence electrons. The van der Waals surface area contributed by atoms with Crippen molar-refractivity contribution in [2.75, 3.05) is 13.1 Å². The number of ether oxygens (including phenoxy) is 1. The molecule has 0 saturated heterocycles. The Hall–Kier alpha value is -0.800. The van der Waals surface area contributed by atoms with Crippen LogP contribution in [0.3, 0.4) is 0 Å². The maximum absolute atomic E-state index is 5.80. The Balaban J connectivity index is 2.34. The number of hydrogen-bond acceptors (Lipinski definition) is 3. The number of nitrogens with zero attached hydrogens (tertiary/aromatic N) is 1. The highest BCUT2D eigenvalue weighted by Gasteiger charge is 2.03. The van der Waals surface area contributed by atoms with Crippen LogP contribution in [0.2, 0.25) is 5.02 Å². The lowest BCUT2D eigenvalue weighted by Crippen LogP contribution is -2.29. The van der Waals surface area contributed by atoms with Crippen molar-refractivity contribution in [1.82, 2.24) is 10.3 Å². The van der Waals surface area contributed by atoms with E-state index in [1.165, 1.54) is 0 Å². The van der Waals surface area contributed by atoms with Crippen LogP contribution in [-0.4, -0.2) is 24.2 Å². The second kappa shape index (κ2) is 6.64. The van der Waals surface area contributed by atoms with Gasteiger partial charge in [-0.15, -0.1) is 0 Å². The Morgan fingerprint density at radius 2 is 2.33 bits per heavy atom. The lowest BCUT2D eigenvalue weighted by atomic mass is 10.3. The van der Waals surface area contributed by atoms with Gasteiger partial charge in [0.05, 0.1) is 11.2 Å². The van der Waals surface area contributed by atoms with Crippen molar-refractivity contribution in [3.05, 3.63) is 23.5 Å². The van der Waals surface area contributed by atoms with E-state index in [1.54, 1.807) is 18.5 Å². The first kappa shape index (κ1) is 12.3. The van der Waals surface area contributed by atoms with Gasteiger partial charge < -0.3 is 10.1 Å². The fourth-order valence-electron chi connectivity index (χ4n) is 1.21. The summed E-state index contributed by atoms with van der Waals surface area (Å²) >= 11 is 5.80. The third-order valence-electron chi connectivity index (χ3n) is 1.88. The Morgan fingerprint density at radius 1 is 1.53 bits per heavy atom. The molecule has 15 heavy (non-hydrogen) atoms. The van der Waals surface area contributed by atoms with Crippen LogP contribution < -0.4 is 10.1 Å². The van der Waals surface area contributed by atoms with Crippen LogP contribution in [0.4, 0.5) is 0 Å². The van der Waals surface area contributed by atoms with Gasteiger partial charge in [0, 0.05) is 18.8 Å². The molecule has 0 radical (unpaired) electrons. The van der Waals surface area contributed by atoms with Crippen LogP contribution in [0.5, 0.6) is 5.75 Å². The fraction of sp³-hybridized carbons (Fsp3) is 0.545. The number of halogens is 1. The summed E-state index contributed by atoms with van der Waals surface area (Å²) in [6, 6.07) is 1.77. The van der Waals surface area contributed by atoms with Gasteiger partial charge in [0.25, 0.3) is 0 Å². The largest absolute Gasteiger partial charge is 0.488 e. The molecular formula is C11H17ClN2O. The maximum Gasteiger partial charge on any atom is 0.139 e. The molecule has 0 bridgehead atoms. The molecular weight excluding hydrogens is 212 g/mol. The molecule has 1 rings (SSSR count). The van der Waals surface area contributed by atoms with Gasteiger partial charge in [-0.1, -0.05) is 18.5 Å². The van der Waals surface area contributed by atoms with Gasteiger partial charge in [-0.05, 0) is 19.9 Å². The molecule has 0 saturated carbocycles. The normalized spacial score (nSPS) is 12.5. The molecule has 4 heteroatoms. The molecule has 1 atom stereocenters. The van der Waals surface area contributed by atoms with Crippen molar-refractivity contribution in [2.24, 2.45) is 0 Å². The summed E-state index contributed by atoms with van der Waals surface area (Å²) < 4.78 is 5.63. The van der Waals surface area contributed by atoms with Crippen molar-refractivity contribution < 1.29 is 4.74 Å². The van der Waals surface area contributed by atoms with E-state index in [-0.39, 0.29) is 6.10 Å². The van der Waals surface area contributed by atoms with Crippen LogP contribution in [0, 0.1) is 0 Å². The summed E-state index contributed by atoms with van der Waals surface area (Å²) in [7, 11) is 0. The first-order valence-electron chi connectivity index (χ1n) is 5.20. The fourth-order valence-corrected chi connectivity index (χ4v) is 1.38. The summed E-state index contributed by atoms with van der Waals surface area (Å²) in [6.07, 6.45) is 4.51. The predicted molar refractivity (Wildman–Crippen MR) is 62.5 cm³/mol. The van der Waals surface area contributed by atoms with Crippen molar-refractivity contribution in [3.63, 3.8) is 0 Å². The minimum absolute atomic E-state index is 0.122. The Kier molecular flexibility index (Phi) is 5.43. The van der Waals surface area contributed by atoms with Gasteiger partial charge >= 0.3 is 0 Å². The maximum atomic E-state index is 5.80. The highest BCUT2D eigenvalue weighted by molar-refractivity contribution is 6.30. The van der Waals surface area contributed by atoms with Gasteiger partial charge in [0.2, 0.25) is 0 Å². The molecule has 1 aromatic rings. The van der Waals surface area contributed by atoms with E-state index in [0.717, 1.165) is 19.5 Å². The molecule has 0 aliphatic rings. The minimum atomic E-state index is 0.122. The average Bonchev–Trinajstić information content (AvgIpc) is 2.18. The van der Waals surface area contributed by atoms with E-state index < -0.39 is 0 Å². The minimum Gasteiger partial charge on any atom is -0.488 e. The molecule has 1 unspecified atom stereocenters. The zero-order valence-corrected chi connectivity index (χ0v) is 9.92. The number of pyridine rings is 1. The number of rotatable bonds is 6. The standard InChI is InChI=1S/C11H17ClN2O/c1-3-4-13-6-9(2)15-11-5-10(12)7-14-8-11/h5,7-9,13H,3-4,6H2,1-2H3. The van der Waals surface area contributed by atoms with Crippen LogP contribution in [-0.2, 0) is 0 Å². The Bertz CT molecular complexity index is 294. The molecule has 0 spiro atoms. The van der Waals surface area contributed by atoms with Crippen LogP contribution in [0.1, 0.15) is 20.3 Å². The molecule has 0 fully saturated rings. The highest BCUT2D eigenvalue weighted by Crippen LogP contribution is 2.16. The smallest absolute Gasteiger partial charge is 0.139 e. The van der Waals surface area contributed by atoms with Gasteiger partial charge in [0.15, 0.2) is 0 Å². The lowest BCUT2D eigenvalue weighted by molar-refractivity contribution is 0.216. The second-order valence-electron chi connectivity index (χ2n) is 3.47. The third kappa shape index (κ3) is 5.00. The third-order valence-corrected chi connectivity index (χ3v) is 2.08. The zero-order valence-electron chi connectivity index (χ0n) is 9.16. The summed E-state index contributed by atoms with van der Waals surface area (Å²) in [5.74, 6) is 0.716. The van der Waals surface area contributed by atoms with E-state index >= 15 is 0 Å². The van der Waals surface area contributed by atoms with Crippen LogP contribution in [0.15, 0.2) is 18.5 Å². The Labute approximate surface area is 95.8 Å². The number of hydrogen-bond donors (Lipinski definition) is 1. The molecule has 1 N–H and O–H groups in total. The average molecular weight is 229 g/mol. The van der Waals surface area contributed by atoms with E-state index in [4.69, 9.17) is 16.3 Å². The highest BCUT2D eigenvalue weighted by atomic mass is 35.5. The molecule has 0 aliphatic carbocycles. The second-order valence-corrected chi connectivity index (χ2v) is 3.91. The first-order chi connectivity index (χ1) is 7.22. The van der Waals surface area contributed by atoms with E-state index in [2.05, 4.69) is 17.2 Å². The van der Waals surface area contributed by atoms with Gasteiger partial charge in [0.1, 0.15) is 11.9 Å². The monoisotopic (exact) mass is 228 g/mol. The summed E-state index contributed by atoms with van der Waals surface area (Å²) in [5, 5.41) is 3.89.